The van der Waals surface area contributed by atoms with Gasteiger partial charge in [-0.1, -0.05) is 30.7 Å². The molecule has 1 aliphatic rings. The number of hydrogen-bond donors (Lipinski definition) is 3. The molecule has 0 bridgehead atoms. The summed E-state index contributed by atoms with van der Waals surface area (Å²) in [6.07, 6.45) is 3.12. The first-order valence-corrected chi connectivity index (χ1v) is 9.23. The highest BCUT2D eigenvalue weighted by Crippen LogP contribution is 2.27. The lowest BCUT2D eigenvalue weighted by atomic mass is 9.85. The van der Waals surface area contributed by atoms with Crippen molar-refractivity contribution < 1.29 is 9.18 Å². The summed E-state index contributed by atoms with van der Waals surface area (Å²) < 4.78 is 13.2. The van der Waals surface area contributed by atoms with Gasteiger partial charge in [-0.2, -0.15) is 0 Å². The Balaban J connectivity index is 0.00000280. The molecule has 7 heteroatoms. The van der Waals surface area contributed by atoms with Crippen molar-refractivity contribution in [3.8, 4) is 0 Å². The molecule has 0 aromatic heterocycles. The van der Waals surface area contributed by atoms with Gasteiger partial charge in [-0.25, -0.2) is 4.39 Å². The molecule has 0 spiro atoms. The van der Waals surface area contributed by atoms with Crippen molar-refractivity contribution in [3.05, 3.63) is 65.5 Å². The predicted octanol–water partition coefficient (Wildman–Crippen LogP) is 4.05. The van der Waals surface area contributed by atoms with E-state index in [1.165, 1.54) is 12.1 Å². The second-order valence-electron chi connectivity index (χ2n) is 6.73. The third kappa shape index (κ3) is 6.47. The van der Waals surface area contributed by atoms with Crippen LogP contribution in [0.2, 0.25) is 0 Å². The van der Waals surface area contributed by atoms with E-state index >= 15 is 0 Å². The van der Waals surface area contributed by atoms with Crippen molar-refractivity contribution in [2.75, 3.05) is 12.4 Å². The fraction of sp³-hybridized carbons (Fsp3) is 0.333. The molecule has 1 fully saturated rings. The minimum absolute atomic E-state index is 0. The smallest absolute Gasteiger partial charge is 0.227 e. The third-order valence-electron chi connectivity index (χ3n) is 4.70. The number of halogens is 2. The molecule has 2 aromatic carbocycles. The lowest BCUT2D eigenvalue weighted by Gasteiger charge is -2.24. The molecule has 0 unspecified atom stereocenters. The fourth-order valence-corrected chi connectivity index (χ4v) is 2.91. The molecular weight excluding hydrogens is 470 g/mol. The molecule has 0 radical (unpaired) electrons. The first-order valence-electron chi connectivity index (χ1n) is 9.23. The SMILES string of the molecule is CN=C(NCc1cccc(F)c1)NCc1cccc(NC(=O)C2CCC2)c1.I. The molecule has 0 aliphatic heterocycles. The number of carbonyl (C=O) groups is 1. The Bertz CT molecular complexity index is 824. The summed E-state index contributed by atoms with van der Waals surface area (Å²) in [5, 5.41) is 9.38. The first kappa shape index (κ1) is 22.1. The van der Waals surface area contributed by atoms with E-state index in [-0.39, 0.29) is 41.6 Å². The molecule has 0 atom stereocenters. The van der Waals surface area contributed by atoms with Crippen molar-refractivity contribution in [2.45, 2.75) is 32.4 Å². The molecule has 0 saturated heterocycles. The van der Waals surface area contributed by atoms with E-state index in [4.69, 9.17) is 0 Å². The molecule has 1 amide bonds. The summed E-state index contributed by atoms with van der Waals surface area (Å²) in [6, 6.07) is 14.2. The topological polar surface area (TPSA) is 65.5 Å². The van der Waals surface area contributed by atoms with Crippen molar-refractivity contribution in [1.82, 2.24) is 10.6 Å². The van der Waals surface area contributed by atoms with E-state index in [1.807, 2.05) is 30.3 Å². The van der Waals surface area contributed by atoms with Crippen LogP contribution >= 0.6 is 24.0 Å². The van der Waals surface area contributed by atoms with Crippen molar-refractivity contribution >= 4 is 41.5 Å². The number of amides is 1. The van der Waals surface area contributed by atoms with E-state index < -0.39 is 0 Å². The summed E-state index contributed by atoms with van der Waals surface area (Å²) in [5.74, 6) is 0.651. The number of guanidine groups is 1. The van der Waals surface area contributed by atoms with Crippen LogP contribution in [0.1, 0.15) is 30.4 Å². The highest BCUT2D eigenvalue weighted by atomic mass is 127. The molecule has 1 aliphatic carbocycles. The van der Waals surface area contributed by atoms with Gasteiger partial charge in [-0.15, -0.1) is 24.0 Å². The van der Waals surface area contributed by atoms with Crippen molar-refractivity contribution in [2.24, 2.45) is 10.9 Å². The Hall–Kier alpha value is -2.16. The molecular formula is C21H26FIN4O. The van der Waals surface area contributed by atoms with Crippen molar-refractivity contribution in [1.29, 1.82) is 0 Å². The predicted molar refractivity (Wildman–Crippen MR) is 121 cm³/mol. The standard InChI is InChI=1S/C21H25FN4O.HI/c1-23-21(24-13-15-5-2-9-18(22)11-15)25-14-16-6-3-10-19(12-16)26-20(27)17-7-4-8-17;/h2-3,5-6,9-12,17H,4,7-8,13-14H2,1H3,(H,26,27)(H2,23,24,25);1H. The van der Waals surface area contributed by atoms with E-state index in [2.05, 4.69) is 20.9 Å². The minimum atomic E-state index is -0.252. The number of aliphatic imine (C=N–C) groups is 1. The fourth-order valence-electron chi connectivity index (χ4n) is 2.91. The molecule has 28 heavy (non-hydrogen) atoms. The summed E-state index contributed by atoms with van der Waals surface area (Å²) >= 11 is 0. The third-order valence-corrected chi connectivity index (χ3v) is 4.70. The van der Waals surface area contributed by atoms with E-state index in [0.717, 1.165) is 36.1 Å². The summed E-state index contributed by atoms with van der Waals surface area (Å²) in [7, 11) is 1.69. The van der Waals surface area contributed by atoms with E-state index in [1.54, 1.807) is 13.1 Å². The second-order valence-corrected chi connectivity index (χ2v) is 6.73. The van der Waals surface area contributed by atoms with Crippen LogP contribution < -0.4 is 16.0 Å². The molecule has 3 N–H and O–H groups in total. The Labute approximate surface area is 182 Å². The average Bonchev–Trinajstić information content (AvgIpc) is 2.61. The van der Waals surface area contributed by atoms with Gasteiger partial charge >= 0.3 is 0 Å². The van der Waals surface area contributed by atoms with Gasteiger partial charge in [-0.05, 0) is 48.2 Å². The van der Waals surface area contributed by atoms with Crippen LogP contribution in [0.3, 0.4) is 0 Å². The number of hydrogen-bond acceptors (Lipinski definition) is 2. The molecule has 5 nitrogen and oxygen atoms in total. The Kier molecular flexibility index (Phi) is 8.69. The largest absolute Gasteiger partial charge is 0.352 e. The number of carbonyl (C=O) groups excluding carboxylic acids is 1. The number of benzene rings is 2. The molecule has 1 saturated carbocycles. The maximum absolute atomic E-state index is 13.2. The number of rotatable bonds is 6. The summed E-state index contributed by atoms with van der Waals surface area (Å²) in [4.78, 5) is 16.3. The van der Waals surface area contributed by atoms with Gasteiger partial charge in [-0.3, -0.25) is 9.79 Å². The van der Waals surface area contributed by atoms with Crippen LogP contribution in [0.25, 0.3) is 0 Å². The molecule has 150 valence electrons. The average molecular weight is 496 g/mol. The number of nitrogens with one attached hydrogen (secondary N) is 3. The van der Waals surface area contributed by atoms with Crippen LogP contribution in [0.4, 0.5) is 10.1 Å². The highest BCUT2D eigenvalue weighted by molar-refractivity contribution is 14.0. The van der Waals surface area contributed by atoms with Gasteiger partial charge in [0.2, 0.25) is 5.91 Å². The van der Waals surface area contributed by atoms with Gasteiger partial charge < -0.3 is 16.0 Å². The zero-order valence-electron chi connectivity index (χ0n) is 15.9. The van der Waals surface area contributed by atoms with Crippen LogP contribution in [-0.4, -0.2) is 18.9 Å². The maximum atomic E-state index is 13.2. The van der Waals surface area contributed by atoms with Gasteiger partial charge in [0, 0.05) is 31.7 Å². The molecule has 3 rings (SSSR count). The zero-order valence-corrected chi connectivity index (χ0v) is 18.2. The monoisotopic (exact) mass is 496 g/mol. The quantitative estimate of drug-likeness (QED) is 0.321. The molecule has 0 heterocycles. The molecule has 2 aromatic rings. The second kappa shape index (κ2) is 11.0. The Morgan fingerprint density at radius 2 is 1.71 bits per heavy atom. The van der Waals surface area contributed by atoms with Gasteiger partial charge in [0.25, 0.3) is 0 Å². The van der Waals surface area contributed by atoms with E-state index in [9.17, 15) is 9.18 Å². The summed E-state index contributed by atoms with van der Waals surface area (Å²) in [5.41, 5.74) is 2.70. The maximum Gasteiger partial charge on any atom is 0.227 e. The number of anilines is 1. The van der Waals surface area contributed by atoms with Crippen LogP contribution in [0, 0.1) is 11.7 Å². The Morgan fingerprint density at radius 1 is 1.07 bits per heavy atom. The van der Waals surface area contributed by atoms with E-state index in [0.29, 0.717) is 19.0 Å². The van der Waals surface area contributed by atoms with Gasteiger partial charge in [0.15, 0.2) is 5.96 Å². The van der Waals surface area contributed by atoms with Crippen LogP contribution in [0.15, 0.2) is 53.5 Å². The number of nitrogens with zero attached hydrogens (tertiary/aromatic N) is 1. The van der Waals surface area contributed by atoms with Crippen molar-refractivity contribution in [3.63, 3.8) is 0 Å². The van der Waals surface area contributed by atoms with Crippen LogP contribution in [-0.2, 0) is 17.9 Å². The first-order chi connectivity index (χ1) is 13.1. The normalized spacial score (nSPS) is 13.9. The highest BCUT2D eigenvalue weighted by Gasteiger charge is 2.25. The lowest BCUT2D eigenvalue weighted by molar-refractivity contribution is -0.122. The van der Waals surface area contributed by atoms with Gasteiger partial charge in [0.05, 0.1) is 0 Å². The summed E-state index contributed by atoms with van der Waals surface area (Å²) in [6.45, 7) is 1.05. The lowest BCUT2D eigenvalue weighted by Crippen LogP contribution is -2.36. The Morgan fingerprint density at radius 3 is 2.29 bits per heavy atom. The minimum Gasteiger partial charge on any atom is -0.352 e. The van der Waals surface area contributed by atoms with Gasteiger partial charge in [0.1, 0.15) is 5.82 Å². The zero-order chi connectivity index (χ0) is 19.1. The van der Waals surface area contributed by atoms with Crippen LogP contribution in [0.5, 0.6) is 0 Å².